The van der Waals surface area contributed by atoms with E-state index in [0.717, 1.165) is 0 Å². The number of likely N-dealkylation sites (N-methyl/N-ethyl adjacent to an activating group) is 1. The fourth-order valence-electron chi connectivity index (χ4n) is 3.32. The SMILES string of the molecule is CCOC(=O)C1=C(CN(C)CC(=O)Nc2ccc(F)cc2)NC(=O)N[C@H]1c1ccc(C)o1. The average Bonchev–Trinajstić information content (AvgIpc) is 3.15. The van der Waals surface area contributed by atoms with Crippen LogP contribution in [0.2, 0.25) is 0 Å². The number of halogens is 1. The number of urea groups is 1. The van der Waals surface area contributed by atoms with E-state index in [-0.39, 0.29) is 31.2 Å². The molecule has 0 unspecified atom stereocenters. The minimum atomic E-state index is -0.826. The zero-order valence-corrected chi connectivity index (χ0v) is 18.0. The molecular weight excluding hydrogens is 419 g/mol. The van der Waals surface area contributed by atoms with Gasteiger partial charge in [-0.2, -0.15) is 0 Å². The van der Waals surface area contributed by atoms with Gasteiger partial charge in [0, 0.05) is 17.9 Å². The zero-order valence-electron chi connectivity index (χ0n) is 18.0. The molecule has 1 aliphatic heterocycles. The van der Waals surface area contributed by atoms with Crippen molar-refractivity contribution in [3.63, 3.8) is 0 Å². The molecule has 10 heteroatoms. The Hall–Kier alpha value is -3.66. The Bertz CT molecular complexity index is 1030. The largest absolute Gasteiger partial charge is 0.464 e. The summed E-state index contributed by atoms with van der Waals surface area (Å²) in [6.45, 7) is 3.66. The summed E-state index contributed by atoms with van der Waals surface area (Å²) in [4.78, 5) is 39.0. The molecule has 3 rings (SSSR count). The molecule has 1 atom stereocenters. The number of aryl methyl sites for hydroxylation is 1. The van der Waals surface area contributed by atoms with E-state index < -0.39 is 23.9 Å². The number of carbonyl (C=O) groups is 3. The van der Waals surface area contributed by atoms with E-state index >= 15 is 0 Å². The molecule has 0 saturated carbocycles. The van der Waals surface area contributed by atoms with Gasteiger partial charge in [-0.3, -0.25) is 9.69 Å². The molecule has 3 amide bonds. The normalized spacial score (nSPS) is 15.9. The third kappa shape index (κ3) is 5.73. The van der Waals surface area contributed by atoms with E-state index in [2.05, 4.69) is 16.0 Å². The summed E-state index contributed by atoms with van der Waals surface area (Å²) < 4.78 is 23.9. The number of nitrogens with one attached hydrogen (secondary N) is 3. The maximum atomic E-state index is 13.0. The van der Waals surface area contributed by atoms with Crippen LogP contribution in [-0.2, 0) is 14.3 Å². The predicted octanol–water partition coefficient (Wildman–Crippen LogP) is 2.47. The highest BCUT2D eigenvalue weighted by Crippen LogP contribution is 2.29. The van der Waals surface area contributed by atoms with Gasteiger partial charge in [-0.05, 0) is 57.3 Å². The quantitative estimate of drug-likeness (QED) is 0.539. The number of furan rings is 1. The van der Waals surface area contributed by atoms with Crippen LogP contribution in [0.3, 0.4) is 0 Å². The number of esters is 1. The number of hydrogen-bond acceptors (Lipinski definition) is 6. The maximum Gasteiger partial charge on any atom is 0.338 e. The lowest BCUT2D eigenvalue weighted by molar-refractivity contribution is -0.139. The van der Waals surface area contributed by atoms with Crippen molar-refractivity contribution in [3.05, 3.63) is 65.0 Å². The average molecular weight is 444 g/mol. The van der Waals surface area contributed by atoms with Crippen LogP contribution < -0.4 is 16.0 Å². The smallest absolute Gasteiger partial charge is 0.338 e. The molecule has 3 N–H and O–H groups in total. The summed E-state index contributed by atoms with van der Waals surface area (Å²) in [5, 5.41) is 8.00. The number of nitrogens with zero attached hydrogens (tertiary/aromatic N) is 1. The molecule has 170 valence electrons. The molecule has 32 heavy (non-hydrogen) atoms. The van der Waals surface area contributed by atoms with Gasteiger partial charge in [0.15, 0.2) is 0 Å². The van der Waals surface area contributed by atoms with Gasteiger partial charge in [-0.15, -0.1) is 0 Å². The van der Waals surface area contributed by atoms with Crippen LogP contribution in [-0.4, -0.2) is 49.6 Å². The number of rotatable bonds is 8. The Balaban J connectivity index is 1.79. The summed E-state index contributed by atoms with van der Waals surface area (Å²) in [6, 6.07) is 7.49. The Kier molecular flexibility index (Phi) is 7.26. The van der Waals surface area contributed by atoms with Gasteiger partial charge in [0.25, 0.3) is 0 Å². The van der Waals surface area contributed by atoms with Crippen molar-refractivity contribution in [2.75, 3.05) is 32.1 Å². The van der Waals surface area contributed by atoms with Crippen molar-refractivity contribution in [1.82, 2.24) is 15.5 Å². The third-order valence-corrected chi connectivity index (χ3v) is 4.66. The topological polar surface area (TPSA) is 113 Å². The van der Waals surface area contributed by atoms with E-state index in [1.54, 1.807) is 37.9 Å². The summed E-state index contributed by atoms with van der Waals surface area (Å²) in [6.07, 6.45) is 0. The minimum absolute atomic E-state index is 0.0369. The number of amides is 3. The lowest BCUT2D eigenvalue weighted by Gasteiger charge is -2.29. The van der Waals surface area contributed by atoms with Gasteiger partial charge in [0.2, 0.25) is 5.91 Å². The lowest BCUT2D eigenvalue weighted by Crippen LogP contribution is -2.48. The number of anilines is 1. The summed E-state index contributed by atoms with van der Waals surface area (Å²) >= 11 is 0. The van der Waals surface area contributed by atoms with Crippen LogP contribution in [0.25, 0.3) is 0 Å². The molecule has 0 bridgehead atoms. The number of carbonyl (C=O) groups excluding carboxylic acids is 3. The van der Waals surface area contributed by atoms with Crippen molar-refractivity contribution < 1.29 is 27.9 Å². The molecule has 1 aliphatic rings. The van der Waals surface area contributed by atoms with Gasteiger partial charge in [0.05, 0.1) is 18.7 Å². The lowest BCUT2D eigenvalue weighted by atomic mass is 10.00. The van der Waals surface area contributed by atoms with Gasteiger partial charge in [-0.1, -0.05) is 0 Å². The molecule has 1 aromatic carbocycles. The summed E-state index contributed by atoms with van der Waals surface area (Å²) in [5.41, 5.74) is 0.967. The Labute approximate surface area is 184 Å². The second kappa shape index (κ2) is 10.1. The predicted molar refractivity (Wildman–Crippen MR) is 114 cm³/mol. The van der Waals surface area contributed by atoms with E-state index in [1.807, 2.05) is 0 Å². The van der Waals surface area contributed by atoms with Crippen molar-refractivity contribution in [3.8, 4) is 0 Å². The molecule has 0 saturated heterocycles. The molecule has 2 aromatic rings. The van der Waals surface area contributed by atoms with Crippen molar-refractivity contribution in [2.24, 2.45) is 0 Å². The second-order valence-corrected chi connectivity index (χ2v) is 7.32. The van der Waals surface area contributed by atoms with Gasteiger partial charge in [-0.25, -0.2) is 14.0 Å². The van der Waals surface area contributed by atoms with E-state index in [1.165, 1.54) is 24.3 Å². The summed E-state index contributed by atoms with van der Waals surface area (Å²) in [5.74, 6) is -0.308. The van der Waals surface area contributed by atoms with Crippen LogP contribution in [0, 0.1) is 12.7 Å². The molecule has 1 aromatic heterocycles. The van der Waals surface area contributed by atoms with Crippen LogP contribution in [0.4, 0.5) is 14.9 Å². The molecule has 9 nitrogen and oxygen atoms in total. The van der Waals surface area contributed by atoms with Crippen LogP contribution >= 0.6 is 0 Å². The first-order valence-electron chi connectivity index (χ1n) is 10.0. The highest BCUT2D eigenvalue weighted by Gasteiger charge is 2.35. The van der Waals surface area contributed by atoms with Crippen molar-refractivity contribution >= 4 is 23.6 Å². The fraction of sp³-hybridized carbons (Fsp3) is 0.318. The van der Waals surface area contributed by atoms with Gasteiger partial charge >= 0.3 is 12.0 Å². The monoisotopic (exact) mass is 444 g/mol. The first-order chi connectivity index (χ1) is 15.3. The molecule has 0 spiro atoms. The van der Waals surface area contributed by atoms with Crippen molar-refractivity contribution in [2.45, 2.75) is 19.9 Å². The molecule has 0 fully saturated rings. The number of benzene rings is 1. The first-order valence-corrected chi connectivity index (χ1v) is 10.0. The molecule has 2 heterocycles. The van der Waals surface area contributed by atoms with E-state index in [4.69, 9.17) is 9.15 Å². The number of ether oxygens (including phenoxy) is 1. The highest BCUT2D eigenvalue weighted by molar-refractivity contribution is 5.95. The van der Waals surface area contributed by atoms with Crippen LogP contribution in [0.1, 0.15) is 24.5 Å². The first kappa shape index (κ1) is 23.0. The van der Waals surface area contributed by atoms with Gasteiger partial charge in [0.1, 0.15) is 23.4 Å². The van der Waals surface area contributed by atoms with Crippen LogP contribution in [0.5, 0.6) is 0 Å². The minimum Gasteiger partial charge on any atom is -0.464 e. The summed E-state index contributed by atoms with van der Waals surface area (Å²) in [7, 11) is 1.67. The Morgan fingerprint density at radius 1 is 1.22 bits per heavy atom. The Morgan fingerprint density at radius 3 is 2.56 bits per heavy atom. The van der Waals surface area contributed by atoms with E-state index in [9.17, 15) is 18.8 Å². The molecule has 0 radical (unpaired) electrons. The van der Waals surface area contributed by atoms with Gasteiger partial charge < -0.3 is 25.1 Å². The second-order valence-electron chi connectivity index (χ2n) is 7.32. The van der Waals surface area contributed by atoms with E-state index in [0.29, 0.717) is 22.9 Å². The van der Waals surface area contributed by atoms with Crippen LogP contribution in [0.15, 0.2) is 52.1 Å². The Morgan fingerprint density at radius 2 is 1.94 bits per heavy atom. The maximum absolute atomic E-state index is 13.0. The highest BCUT2D eigenvalue weighted by atomic mass is 19.1. The third-order valence-electron chi connectivity index (χ3n) is 4.66. The number of hydrogen-bond donors (Lipinski definition) is 3. The molecule has 0 aliphatic carbocycles. The molecular formula is C22H25FN4O5. The van der Waals surface area contributed by atoms with Crippen molar-refractivity contribution in [1.29, 1.82) is 0 Å². The fourth-order valence-corrected chi connectivity index (χ4v) is 3.32. The zero-order chi connectivity index (χ0) is 23.3. The standard InChI is InChI=1S/C22H25FN4O5/c1-4-31-21(29)19-16(25-22(30)26-20(19)17-10-5-13(2)32-17)11-27(3)12-18(28)24-15-8-6-14(23)7-9-15/h5-10,20H,4,11-12H2,1-3H3,(H,24,28)(H2,25,26,30)/t20-/m0/s1.